The van der Waals surface area contributed by atoms with Gasteiger partial charge in [0.15, 0.2) is 0 Å². The Morgan fingerprint density at radius 3 is 2.19 bits per heavy atom. The number of carbonyl (C=O) groups excluding carboxylic acids is 1. The largest absolute Gasteiger partial charge is 0.496 e. The molecule has 2 rings (SSSR count). The summed E-state index contributed by atoms with van der Waals surface area (Å²) < 4.78 is 32.6. The van der Waals surface area contributed by atoms with Crippen molar-refractivity contribution in [2.45, 2.75) is 44.6 Å². The van der Waals surface area contributed by atoms with Gasteiger partial charge in [0.2, 0.25) is 15.9 Å². The Morgan fingerprint density at radius 2 is 1.67 bits per heavy atom. The monoisotopic (exact) mass is 390 g/mol. The number of anilines is 1. The summed E-state index contributed by atoms with van der Waals surface area (Å²) >= 11 is 0. The molecule has 0 heterocycles. The van der Waals surface area contributed by atoms with Crippen molar-refractivity contribution in [1.82, 2.24) is 4.72 Å². The first-order valence-electron chi connectivity index (χ1n) is 8.72. The Morgan fingerprint density at radius 1 is 1.04 bits per heavy atom. The molecule has 2 N–H and O–H groups in total. The number of carbonyl (C=O) groups is 1. The lowest BCUT2D eigenvalue weighted by Crippen LogP contribution is -2.41. The molecule has 0 radical (unpaired) electrons. The third-order valence-corrected chi connectivity index (χ3v) is 5.79. The van der Waals surface area contributed by atoms with E-state index in [4.69, 9.17) is 4.74 Å². The maximum Gasteiger partial charge on any atom is 0.242 e. The van der Waals surface area contributed by atoms with Crippen molar-refractivity contribution in [2.75, 3.05) is 12.4 Å². The van der Waals surface area contributed by atoms with Crippen molar-refractivity contribution < 1.29 is 17.9 Å². The van der Waals surface area contributed by atoms with E-state index in [1.54, 1.807) is 25.1 Å². The maximum atomic E-state index is 12.5. The van der Waals surface area contributed by atoms with Gasteiger partial charge >= 0.3 is 0 Å². The summed E-state index contributed by atoms with van der Waals surface area (Å²) in [6.45, 7) is 7.44. The van der Waals surface area contributed by atoms with Crippen LogP contribution < -0.4 is 14.8 Å². The summed E-state index contributed by atoms with van der Waals surface area (Å²) in [5.41, 5.74) is 2.48. The number of aryl methyl sites for hydroxylation is 1. The first-order chi connectivity index (χ1) is 12.6. The normalized spacial score (nSPS) is 12.7. The number of hydrogen-bond acceptors (Lipinski definition) is 4. The summed E-state index contributed by atoms with van der Waals surface area (Å²) in [4.78, 5) is 12.4. The summed E-state index contributed by atoms with van der Waals surface area (Å²) in [6.07, 6.45) is 0. The smallest absolute Gasteiger partial charge is 0.242 e. The number of methoxy groups -OCH3 is 1. The molecule has 7 heteroatoms. The van der Waals surface area contributed by atoms with Crippen molar-refractivity contribution >= 4 is 21.6 Å². The van der Waals surface area contributed by atoms with Crippen LogP contribution in [0.25, 0.3) is 0 Å². The minimum absolute atomic E-state index is 0.0849. The predicted octanol–water partition coefficient (Wildman–Crippen LogP) is 3.43. The average molecular weight is 391 g/mol. The molecule has 0 fully saturated rings. The SMILES string of the molecule is COc1ccc(S(=O)(=O)N[C@H](C)C(=O)Nc2ccc(C(C)C)cc2)cc1C. The maximum absolute atomic E-state index is 12.5. The van der Waals surface area contributed by atoms with Crippen molar-refractivity contribution in [3.8, 4) is 5.75 Å². The quantitative estimate of drug-likeness (QED) is 0.758. The topological polar surface area (TPSA) is 84.5 Å². The van der Waals surface area contributed by atoms with Gasteiger partial charge < -0.3 is 10.1 Å². The summed E-state index contributed by atoms with van der Waals surface area (Å²) in [7, 11) is -2.31. The Hall–Kier alpha value is -2.38. The molecule has 6 nitrogen and oxygen atoms in total. The van der Waals surface area contributed by atoms with Crippen molar-refractivity contribution in [3.05, 3.63) is 53.6 Å². The lowest BCUT2D eigenvalue weighted by atomic mass is 10.0. The van der Waals surface area contributed by atoms with E-state index in [9.17, 15) is 13.2 Å². The molecule has 0 saturated carbocycles. The van der Waals surface area contributed by atoms with Gasteiger partial charge in [-0.15, -0.1) is 0 Å². The van der Waals surface area contributed by atoms with E-state index in [1.807, 2.05) is 12.1 Å². The highest BCUT2D eigenvalue weighted by Gasteiger charge is 2.22. The molecule has 1 atom stereocenters. The van der Waals surface area contributed by atoms with Crippen LogP contribution in [0.2, 0.25) is 0 Å². The van der Waals surface area contributed by atoms with Crippen LogP contribution in [0.3, 0.4) is 0 Å². The second-order valence-corrected chi connectivity index (χ2v) is 8.45. The van der Waals surface area contributed by atoms with Crippen LogP contribution in [0.1, 0.15) is 37.8 Å². The molecule has 0 saturated heterocycles. The highest BCUT2D eigenvalue weighted by atomic mass is 32.2. The summed E-state index contributed by atoms with van der Waals surface area (Å²) in [6, 6.07) is 11.1. The number of ether oxygens (including phenoxy) is 1. The molecule has 0 spiro atoms. The first kappa shape index (κ1) is 20.9. The molecule has 0 aliphatic heterocycles. The Kier molecular flexibility index (Phi) is 6.62. The van der Waals surface area contributed by atoms with E-state index >= 15 is 0 Å². The van der Waals surface area contributed by atoms with Gasteiger partial charge in [-0.25, -0.2) is 8.42 Å². The Bertz CT molecular complexity index is 906. The van der Waals surface area contributed by atoms with Crippen LogP contribution in [0.5, 0.6) is 5.75 Å². The van der Waals surface area contributed by atoms with Crippen LogP contribution in [-0.2, 0) is 14.8 Å². The summed E-state index contributed by atoms with van der Waals surface area (Å²) in [5.74, 6) is 0.569. The number of hydrogen-bond donors (Lipinski definition) is 2. The van der Waals surface area contributed by atoms with Crippen molar-refractivity contribution in [3.63, 3.8) is 0 Å². The third kappa shape index (κ3) is 5.30. The molecule has 2 aromatic carbocycles. The highest BCUT2D eigenvalue weighted by Crippen LogP contribution is 2.21. The van der Waals surface area contributed by atoms with Crippen LogP contribution in [0.15, 0.2) is 47.4 Å². The number of amides is 1. The molecule has 0 aromatic heterocycles. The van der Waals surface area contributed by atoms with Gasteiger partial charge in [-0.2, -0.15) is 4.72 Å². The van der Waals surface area contributed by atoms with Gasteiger partial charge in [0.05, 0.1) is 18.0 Å². The zero-order valence-electron chi connectivity index (χ0n) is 16.2. The fourth-order valence-electron chi connectivity index (χ4n) is 2.57. The number of nitrogens with one attached hydrogen (secondary N) is 2. The molecule has 2 aromatic rings. The molecule has 0 bridgehead atoms. The number of benzene rings is 2. The van der Waals surface area contributed by atoms with E-state index in [0.29, 0.717) is 22.9 Å². The zero-order chi connectivity index (χ0) is 20.2. The number of rotatable bonds is 7. The zero-order valence-corrected chi connectivity index (χ0v) is 17.1. The van der Waals surface area contributed by atoms with Gasteiger partial charge in [0.1, 0.15) is 5.75 Å². The van der Waals surface area contributed by atoms with Crippen LogP contribution in [0, 0.1) is 6.92 Å². The second kappa shape index (κ2) is 8.54. The van der Waals surface area contributed by atoms with Crippen LogP contribution >= 0.6 is 0 Å². The Labute approximate surface area is 161 Å². The van der Waals surface area contributed by atoms with Gasteiger partial charge in [-0.1, -0.05) is 26.0 Å². The van der Waals surface area contributed by atoms with Gasteiger partial charge in [0, 0.05) is 5.69 Å². The molecule has 1 amide bonds. The van der Waals surface area contributed by atoms with E-state index in [1.165, 1.54) is 26.2 Å². The van der Waals surface area contributed by atoms with Crippen LogP contribution in [-0.4, -0.2) is 27.5 Å². The minimum atomic E-state index is -3.83. The van der Waals surface area contributed by atoms with E-state index in [0.717, 1.165) is 5.56 Å². The Balaban J connectivity index is 2.07. The van der Waals surface area contributed by atoms with Gasteiger partial charge in [-0.05, 0) is 61.2 Å². The molecule has 0 unspecified atom stereocenters. The fourth-order valence-corrected chi connectivity index (χ4v) is 3.86. The molecule has 0 aliphatic carbocycles. The molecule has 27 heavy (non-hydrogen) atoms. The molecule has 146 valence electrons. The van der Waals surface area contributed by atoms with Crippen molar-refractivity contribution in [1.29, 1.82) is 0 Å². The third-order valence-electron chi connectivity index (χ3n) is 4.25. The standard InChI is InChI=1S/C20H26N2O4S/c1-13(2)16-6-8-17(9-7-16)21-20(23)15(4)22-27(24,25)18-10-11-19(26-5)14(3)12-18/h6-13,15,22H,1-5H3,(H,21,23)/t15-/m1/s1. The lowest BCUT2D eigenvalue weighted by molar-refractivity contribution is -0.117. The highest BCUT2D eigenvalue weighted by molar-refractivity contribution is 7.89. The predicted molar refractivity (Wildman–Crippen MR) is 107 cm³/mol. The van der Waals surface area contributed by atoms with E-state index < -0.39 is 22.0 Å². The molecule has 0 aliphatic rings. The van der Waals surface area contributed by atoms with Crippen molar-refractivity contribution in [2.24, 2.45) is 0 Å². The first-order valence-corrected chi connectivity index (χ1v) is 10.2. The molecular weight excluding hydrogens is 364 g/mol. The number of sulfonamides is 1. The summed E-state index contributed by atoms with van der Waals surface area (Å²) in [5, 5.41) is 2.73. The minimum Gasteiger partial charge on any atom is -0.496 e. The fraction of sp³-hybridized carbons (Fsp3) is 0.350. The van der Waals surface area contributed by atoms with E-state index in [2.05, 4.69) is 23.9 Å². The van der Waals surface area contributed by atoms with Crippen LogP contribution in [0.4, 0.5) is 5.69 Å². The van der Waals surface area contributed by atoms with E-state index in [-0.39, 0.29) is 4.90 Å². The lowest BCUT2D eigenvalue weighted by Gasteiger charge is -2.16. The second-order valence-electron chi connectivity index (χ2n) is 6.74. The van der Waals surface area contributed by atoms with Gasteiger partial charge in [-0.3, -0.25) is 4.79 Å². The molecular formula is C20H26N2O4S. The van der Waals surface area contributed by atoms with Gasteiger partial charge in [0.25, 0.3) is 0 Å². The average Bonchev–Trinajstić information content (AvgIpc) is 2.61.